The van der Waals surface area contributed by atoms with Crippen LogP contribution in [0.1, 0.15) is 5.56 Å². The number of hydrogen-bond donors (Lipinski definition) is 2. The molecule has 2 N–H and O–H groups in total. The number of rotatable bonds is 4. The van der Waals surface area contributed by atoms with Crippen LogP contribution in [0.5, 0.6) is 11.6 Å². The van der Waals surface area contributed by atoms with Crippen molar-refractivity contribution in [3.63, 3.8) is 0 Å². The summed E-state index contributed by atoms with van der Waals surface area (Å²) in [5, 5.41) is 16.1. The van der Waals surface area contributed by atoms with Crippen molar-refractivity contribution < 1.29 is 14.5 Å². The molecule has 0 aliphatic carbocycles. The van der Waals surface area contributed by atoms with Crippen LogP contribution in [-0.2, 0) is 4.79 Å². The summed E-state index contributed by atoms with van der Waals surface area (Å²) in [5.41, 5.74) is 1.04. The Hall–Kier alpha value is -3.33. The van der Waals surface area contributed by atoms with Crippen LogP contribution in [0.3, 0.4) is 0 Å². The molecular weight excluding hydrogens is 332 g/mol. The average Bonchev–Trinajstić information content (AvgIpc) is 2.87. The largest absolute Gasteiger partial charge is 0.439 e. The molecule has 0 unspecified atom stereocenters. The summed E-state index contributed by atoms with van der Waals surface area (Å²) in [7, 11) is 0. The molecule has 9 heteroatoms. The predicted octanol–water partition coefficient (Wildman–Crippen LogP) is 2.13. The van der Waals surface area contributed by atoms with E-state index in [1.54, 1.807) is 30.3 Å². The molecule has 1 fully saturated rings. The van der Waals surface area contributed by atoms with Crippen LogP contribution >= 0.6 is 12.2 Å². The number of nitrogens with one attached hydrogen (secondary N) is 2. The van der Waals surface area contributed by atoms with Crippen LogP contribution < -0.4 is 15.4 Å². The van der Waals surface area contributed by atoms with Gasteiger partial charge in [0.25, 0.3) is 11.6 Å². The molecule has 0 saturated carbocycles. The topological polar surface area (TPSA) is 106 Å². The minimum absolute atomic E-state index is 0.107. The van der Waals surface area contributed by atoms with Gasteiger partial charge in [-0.2, -0.15) is 0 Å². The van der Waals surface area contributed by atoms with E-state index in [2.05, 4.69) is 15.6 Å². The van der Waals surface area contributed by atoms with Crippen LogP contribution in [0, 0.1) is 10.1 Å². The third-order valence-electron chi connectivity index (χ3n) is 3.06. The summed E-state index contributed by atoms with van der Waals surface area (Å²) in [6.07, 6.45) is 2.78. The highest BCUT2D eigenvalue weighted by Crippen LogP contribution is 2.22. The Balaban J connectivity index is 1.70. The third-order valence-corrected chi connectivity index (χ3v) is 3.27. The Labute approximate surface area is 141 Å². The Morgan fingerprint density at radius 1 is 1.17 bits per heavy atom. The minimum atomic E-state index is -0.530. The number of carbonyl (C=O) groups excluding carboxylic acids is 1. The third kappa shape index (κ3) is 3.52. The van der Waals surface area contributed by atoms with Gasteiger partial charge >= 0.3 is 0 Å². The van der Waals surface area contributed by atoms with Crippen molar-refractivity contribution in [3.05, 3.63) is 64.0 Å². The second-order valence-corrected chi connectivity index (χ2v) is 5.16. The summed E-state index contributed by atoms with van der Waals surface area (Å²) in [5.74, 6) is 0.474. The van der Waals surface area contributed by atoms with Crippen LogP contribution in [0.25, 0.3) is 6.08 Å². The summed E-state index contributed by atoms with van der Waals surface area (Å²) in [6, 6.07) is 9.63. The lowest BCUT2D eigenvalue weighted by molar-refractivity contribution is -0.385. The first kappa shape index (κ1) is 15.6. The SMILES string of the molecule is O=C1NC(=S)N/C1=C\c1ccc(Oc2ccc([N+](=O)[O-])cn2)cc1. The van der Waals surface area contributed by atoms with E-state index < -0.39 is 4.92 Å². The number of carbonyl (C=O) groups is 1. The number of nitro groups is 1. The van der Waals surface area contributed by atoms with E-state index in [9.17, 15) is 14.9 Å². The van der Waals surface area contributed by atoms with Gasteiger partial charge in [-0.3, -0.25) is 20.2 Å². The summed E-state index contributed by atoms with van der Waals surface area (Å²) in [4.78, 5) is 25.5. The fourth-order valence-corrected chi connectivity index (χ4v) is 2.15. The standard InChI is InChI=1S/C15H10N4O4S/c20-14-12(17-15(24)18-14)7-9-1-4-11(5-2-9)23-13-6-3-10(8-16-13)19(21)22/h1-8H,(H2,17,18,20,24)/b12-7-. The summed E-state index contributed by atoms with van der Waals surface area (Å²) >= 11 is 4.86. The lowest BCUT2D eigenvalue weighted by atomic mass is 10.2. The van der Waals surface area contributed by atoms with Crippen molar-refractivity contribution in [3.8, 4) is 11.6 Å². The van der Waals surface area contributed by atoms with E-state index in [1.807, 2.05) is 0 Å². The highest BCUT2D eigenvalue weighted by Gasteiger charge is 2.19. The molecule has 1 aliphatic rings. The molecule has 24 heavy (non-hydrogen) atoms. The molecule has 1 aromatic carbocycles. The fourth-order valence-electron chi connectivity index (χ4n) is 1.94. The average molecular weight is 342 g/mol. The highest BCUT2D eigenvalue weighted by atomic mass is 32.1. The van der Waals surface area contributed by atoms with Crippen LogP contribution in [0.15, 0.2) is 48.3 Å². The number of hydrogen-bond acceptors (Lipinski definition) is 6. The second-order valence-electron chi connectivity index (χ2n) is 4.75. The first-order valence-electron chi connectivity index (χ1n) is 6.74. The van der Waals surface area contributed by atoms with E-state index in [1.165, 1.54) is 12.1 Å². The molecule has 2 heterocycles. The number of ether oxygens (including phenoxy) is 1. The molecule has 1 aliphatic heterocycles. The normalized spacial score (nSPS) is 15.1. The Morgan fingerprint density at radius 3 is 2.46 bits per heavy atom. The van der Waals surface area contributed by atoms with Crippen molar-refractivity contribution >= 4 is 35.0 Å². The molecule has 0 spiro atoms. The molecular formula is C15H10N4O4S. The van der Waals surface area contributed by atoms with Crippen molar-refractivity contribution in [2.45, 2.75) is 0 Å². The van der Waals surface area contributed by atoms with Crippen LogP contribution in [0.4, 0.5) is 5.69 Å². The molecule has 2 aromatic rings. The van der Waals surface area contributed by atoms with Gasteiger partial charge in [-0.15, -0.1) is 0 Å². The monoisotopic (exact) mass is 342 g/mol. The molecule has 3 rings (SSSR count). The molecule has 8 nitrogen and oxygen atoms in total. The van der Waals surface area contributed by atoms with E-state index in [0.29, 0.717) is 11.4 Å². The first-order valence-corrected chi connectivity index (χ1v) is 7.14. The minimum Gasteiger partial charge on any atom is -0.439 e. The van der Waals surface area contributed by atoms with E-state index in [0.717, 1.165) is 11.8 Å². The van der Waals surface area contributed by atoms with Crippen LogP contribution in [0.2, 0.25) is 0 Å². The Kier molecular flexibility index (Phi) is 4.17. The zero-order chi connectivity index (χ0) is 17.1. The molecule has 0 radical (unpaired) electrons. The van der Waals surface area contributed by atoms with Gasteiger partial charge in [0.05, 0.1) is 4.92 Å². The van der Waals surface area contributed by atoms with Crippen molar-refractivity contribution in [1.29, 1.82) is 0 Å². The van der Waals surface area contributed by atoms with Crippen molar-refractivity contribution in [1.82, 2.24) is 15.6 Å². The zero-order valence-electron chi connectivity index (χ0n) is 12.1. The quantitative estimate of drug-likeness (QED) is 0.379. The highest BCUT2D eigenvalue weighted by molar-refractivity contribution is 7.80. The lowest BCUT2D eigenvalue weighted by Gasteiger charge is -2.04. The molecule has 0 atom stereocenters. The summed E-state index contributed by atoms with van der Waals surface area (Å²) in [6.45, 7) is 0. The molecule has 120 valence electrons. The molecule has 1 amide bonds. The Morgan fingerprint density at radius 2 is 1.92 bits per heavy atom. The maximum absolute atomic E-state index is 11.6. The smallest absolute Gasteiger partial charge is 0.287 e. The van der Waals surface area contributed by atoms with Gasteiger partial charge in [-0.25, -0.2) is 4.98 Å². The van der Waals surface area contributed by atoms with E-state index in [4.69, 9.17) is 17.0 Å². The van der Waals surface area contributed by atoms with Gasteiger partial charge in [-0.05, 0) is 36.0 Å². The lowest BCUT2D eigenvalue weighted by Crippen LogP contribution is -2.21. The zero-order valence-corrected chi connectivity index (χ0v) is 12.9. The number of pyridine rings is 1. The Bertz CT molecular complexity index is 847. The van der Waals surface area contributed by atoms with E-state index >= 15 is 0 Å². The molecule has 1 saturated heterocycles. The number of amides is 1. The number of aromatic nitrogens is 1. The van der Waals surface area contributed by atoms with Gasteiger partial charge in [0, 0.05) is 12.1 Å². The van der Waals surface area contributed by atoms with Gasteiger partial charge in [0.15, 0.2) is 5.11 Å². The van der Waals surface area contributed by atoms with Gasteiger partial charge in [0.1, 0.15) is 17.6 Å². The second kappa shape index (κ2) is 6.42. The number of thiocarbonyl (C=S) groups is 1. The molecule has 1 aromatic heterocycles. The number of nitrogens with zero attached hydrogens (tertiary/aromatic N) is 2. The summed E-state index contributed by atoms with van der Waals surface area (Å²) < 4.78 is 5.51. The van der Waals surface area contributed by atoms with Gasteiger partial charge in [-0.1, -0.05) is 12.1 Å². The first-order chi connectivity index (χ1) is 11.5. The fraction of sp³-hybridized carbons (Fsp3) is 0. The van der Waals surface area contributed by atoms with Gasteiger partial charge < -0.3 is 10.1 Å². The molecule has 0 bridgehead atoms. The van der Waals surface area contributed by atoms with Crippen molar-refractivity contribution in [2.24, 2.45) is 0 Å². The maximum atomic E-state index is 11.6. The van der Waals surface area contributed by atoms with Crippen molar-refractivity contribution in [2.75, 3.05) is 0 Å². The number of benzene rings is 1. The predicted molar refractivity (Wildman–Crippen MR) is 89.3 cm³/mol. The van der Waals surface area contributed by atoms with Crippen LogP contribution in [-0.4, -0.2) is 20.9 Å². The van der Waals surface area contributed by atoms with Gasteiger partial charge in [0.2, 0.25) is 5.88 Å². The maximum Gasteiger partial charge on any atom is 0.287 e. The van der Waals surface area contributed by atoms with E-state index in [-0.39, 0.29) is 22.6 Å².